The van der Waals surface area contributed by atoms with E-state index in [1.54, 1.807) is 0 Å². The molecule has 0 aliphatic heterocycles. The Morgan fingerprint density at radius 3 is 2.45 bits per heavy atom. The SMILES string of the molecule is O=S(=O)(Cl)c1ccc(O)nc1. The molecule has 6 heteroatoms. The van der Waals surface area contributed by atoms with E-state index >= 15 is 0 Å². The molecule has 1 N–H and O–H groups in total. The maximum absolute atomic E-state index is 10.6. The average Bonchev–Trinajstić information content (AvgIpc) is 1.86. The van der Waals surface area contributed by atoms with Gasteiger partial charge in [-0.05, 0) is 6.07 Å². The van der Waals surface area contributed by atoms with E-state index in [0.29, 0.717) is 0 Å². The van der Waals surface area contributed by atoms with Gasteiger partial charge in [0.25, 0.3) is 9.05 Å². The van der Waals surface area contributed by atoms with Crippen LogP contribution in [0.25, 0.3) is 0 Å². The molecule has 1 heterocycles. The smallest absolute Gasteiger partial charge is 0.262 e. The Balaban J connectivity index is 3.20. The molecule has 1 aromatic rings. The van der Waals surface area contributed by atoms with Crippen molar-refractivity contribution in [3.63, 3.8) is 0 Å². The Morgan fingerprint density at radius 1 is 1.45 bits per heavy atom. The number of hydrogen-bond donors (Lipinski definition) is 1. The molecule has 11 heavy (non-hydrogen) atoms. The van der Waals surface area contributed by atoms with Crippen molar-refractivity contribution < 1.29 is 13.5 Å². The first kappa shape index (κ1) is 8.29. The van der Waals surface area contributed by atoms with Crippen LogP contribution in [0.1, 0.15) is 0 Å². The van der Waals surface area contributed by atoms with E-state index in [9.17, 15) is 8.42 Å². The van der Waals surface area contributed by atoms with Crippen molar-refractivity contribution in [2.24, 2.45) is 0 Å². The van der Waals surface area contributed by atoms with Gasteiger partial charge in [-0.2, -0.15) is 0 Å². The predicted octanol–water partition coefficient (Wildman–Crippen LogP) is 0.715. The van der Waals surface area contributed by atoms with Gasteiger partial charge in [0.05, 0.1) is 6.20 Å². The molecular weight excluding hydrogens is 190 g/mol. The maximum atomic E-state index is 10.6. The van der Waals surface area contributed by atoms with Crippen LogP contribution in [0.4, 0.5) is 0 Å². The minimum atomic E-state index is -3.72. The molecule has 0 aliphatic rings. The fraction of sp³-hybridized carbons (Fsp3) is 0. The summed E-state index contributed by atoms with van der Waals surface area (Å²) in [4.78, 5) is 3.21. The van der Waals surface area contributed by atoms with E-state index < -0.39 is 9.05 Å². The molecule has 0 bridgehead atoms. The van der Waals surface area contributed by atoms with Crippen molar-refractivity contribution in [2.45, 2.75) is 4.90 Å². The van der Waals surface area contributed by atoms with Crippen molar-refractivity contribution in [3.05, 3.63) is 18.3 Å². The summed E-state index contributed by atoms with van der Waals surface area (Å²) < 4.78 is 21.2. The van der Waals surface area contributed by atoms with Crippen LogP contribution in [0.2, 0.25) is 0 Å². The third kappa shape index (κ3) is 2.06. The summed E-state index contributed by atoms with van der Waals surface area (Å²) in [6, 6.07) is 2.32. The molecule has 0 atom stereocenters. The first-order valence-corrected chi connectivity index (χ1v) is 4.91. The van der Waals surface area contributed by atoms with Crippen LogP contribution in [0.15, 0.2) is 23.2 Å². The molecule has 4 nitrogen and oxygen atoms in total. The Hall–Kier alpha value is -0.810. The van der Waals surface area contributed by atoms with Gasteiger partial charge in [0.15, 0.2) is 0 Å². The second-order valence-corrected chi connectivity index (χ2v) is 4.36. The zero-order valence-corrected chi connectivity index (χ0v) is 6.80. The van der Waals surface area contributed by atoms with Crippen LogP contribution >= 0.6 is 10.7 Å². The number of hydrogen-bond acceptors (Lipinski definition) is 4. The highest BCUT2D eigenvalue weighted by Crippen LogP contribution is 2.14. The Bertz CT molecular complexity index is 344. The van der Waals surface area contributed by atoms with E-state index in [2.05, 4.69) is 4.98 Å². The quantitative estimate of drug-likeness (QED) is 0.668. The van der Waals surface area contributed by atoms with E-state index in [1.165, 1.54) is 6.07 Å². The van der Waals surface area contributed by atoms with Gasteiger partial charge in [-0.1, -0.05) is 0 Å². The predicted molar refractivity (Wildman–Crippen MR) is 38.9 cm³/mol. The summed E-state index contributed by atoms with van der Waals surface area (Å²) >= 11 is 0. The van der Waals surface area contributed by atoms with E-state index in [-0.39, 0.29) is 10.8 Å². The second-order valence-electron chi connectivity index (χ2n) is 1.79. The maximum Gasteiger partial charge on any atom is 0.262 e. The minimum Gasteiger partial charge on any atom is -0.493 e. The van der Waals surface area contributed by atoms with Gasteiger partial charge in [-0.25, -0.2) is 13.4 Å². The summed E-state index contributed by atoms with van der Waals surface area (Å²) in [5.41, 5.74) is 0. The summed E-state index contributed by atoms with van der Waals surface area (Å²) in [5.74, 6) is -0.242. The zero-order chi connectivity index (χ0) is 8.48. The number of rotatable bonds is 1. The normalized spacial score (nSPS) is 11.4. The summed E-state index contributed by atoms with van der Waals surface area (Å²) in [6.45, 7) is 0. The highest BCUT2D eigenvalue weighted by molar-refractivity contribution is 8.13. The fourth-order valence-corrected chi connectivity index (χ4v) is 1.20. The van der Waals surface area contributed by atoms with E-state index in [4.69, 9.17) is 15.8 Å². The van der Waals surface area contributed by atoms with Gasteiger partial charge in [-0.3, -0.25) is 0 Å². The Labute approximate surface area is 67.9 Å². The molecular formula is C5H4ClNO3S. The molecule has 0 spiro atoms. The molecule has 1 rings (SSSR count). The zero-order valence-electron chi connectivity index (χ0n) is 5.23. The molecule has 1 aromatic heterocycles. The van der Waals surface area contributed by atoms with Crippen molar-refractivity contribution in [1.29, 1.82) is 0 Å². The van der Waals surface area contributed by atoms with Crippen molar-refractivity contribution in [2.75, 3.05) is 0 Å². The topological polar surface area (TPSA) is 67.3 Å². The highest BCUT2D eigenvalue weighted by Gasteiger charge is 2.08. The molecule has 0 aromatic carbocycles. The van der Waals surface area contributed by atoms with E-state index in [0.717, 1.165) is 12.3 Å². The van der Waals surface area contributed by atoms with Crippen LogP contribution < -0.4 is 0 Å². The Kier molecular flexibility index (Phi) is 2.01. The van der Waals surface area contributed by atoms with Crippen LogP contribution in [0, 0.1) is 0 Å². The molecule has 0 amide bonds. The lowest BCUT2D eigenvalue weighted by molar-refractivity contribution is 0.452. The molecule has 0 unspecified atom stereocenters. The second kappa shape index (κ2) is 2.67. The third-order valence-electron chi connectivity index (χ3n) is 1.00. The number of aromatic hydroxyl groups is 1. The third-order valence-corrected chi connectivity index (χ3v) is 2.34. The van der Waals surface area contributed by atoms with Crippen LogP contribution in [-0.4, -0.2) is 18.5 Å². The largest absolute Gasteiger partial charge is 0.493 e. The molecule has 0 aliphatic carbocycles. The number of halogens is 1. The van der Waals surface area contributed by atoms with Gasteiger partial charge in [-0.15, -0.1) is 0 Å². The standard InChI is InChI=1S/C5H4ClNO3S/c6-11(9,10)4-1-2-5(8)7-3-4/h1-3H,(H,7,8). The summed E-state index contributed by atoms with van der Waals surface area (Å²) in [5, 5.41) is 8.67. The highest BCUT2D eigenvalue weighted by atomic mass is 35.7. The van der Waals surface area contributed by atoms with Gasteiger partial charge in [0, 0.05) is 16.7 Å². The first-order valence-electron chi connectivity index (χ1n) is 2.60. The Morgan fingerprint density at radius 2 is 2.09 bits per heavy atom. The average molecular weight is 194 g/mol. The van der Waals surface area contributed by atoms with Crippen molar-refractivity contribution >= 4 is 19.7 Å². The monoisotopic (exact) mass is 193 g/mol. The number of pyridine rings is 1. The fourth-order valence-electron chi connectivity index (χ4n) is 0.517. The molecule has 0 radical (unpaired) electrons. The summed E-state index contributed by atoms with van der Waals surface area (Å²) in [6.07, 6.45) is 0.984. The first-order chi connectivity index (χ1) is 5.00. The lowest BCUT2D eigenvalue weighted by Gasteiger charge is -1.93. The molecule has 60 valence electrons. The van der Waals surface area contributed by atoms with Gasteiger partial charge < -0.3 is 5.11 Å². The molecule has 0 fully saturated rings. The number of aromatic nitrogens is 1. The van der Waals surface area contributed by atoms with Crippen LogP contribution in [-0.2, 0) is 9.05 Å². The lowest BCUT2D eigenvalue weighted by atomic mass is 10.5. The van der Waals surface area contributed by atoms with Gasteiger partial charge in [0.2, 0.25) is 5.88 Å². The van der Waals surface area contributed by atoms with Crippen LogP contribution in [0.3, 0.4) is 0 Å². The van der Waals surface area contributed by atoms with Crippen molar-refractivity contribution in [3.8, 4) is 5.88 Å². The molecule has 0 saturated carbocycles. The summed E-state index contributed by atoms with van der Waals surface area (Å²) in [7, 11) is 1.24. The minimum absolute atomic E-state index is 0.128. The lowest BCUT2D eigenvalue weighted by Crippen LogP contribution is -1.90. The van der Waals surface area contributed by atoms with Crippen LogP contribution in [0.5, 0.6) is 5.88 Å². The van der Waals surface area contributed by atoms with Crippen molar-refractivity contribution in [1.82, 2.24) is 4.98 Å². The van der Waals surface area contributed by atoms with Gasteiger partial charge >= 0.3 is 0 Å². The molecule has 0 saturated heterocycles. The van der Waals surface area contributed by atoms with E-state index in [1.807, 2.05) is 0 Å². The van der Waals surface area contributed by atoms with Gasteiger partial charge in [0.1, 0.15) is 4.90 Å². The number of nitrogens with zero attached hydrogens (tertiary/aromatic N) is 1.